The second kappa shape index (κ2) is 6.83. The van der Waals surface area contributed by atoms with Gasteiger partial charge in [-0.25, -0.2) is 4.79 Å². The number of Topliss-reactive ketones (excluding diaryl/α,β-unsaturated/α-hetero) is 1. The Balaban J connectivity index is 1.42. The van der Waals surface area contributed by atoms with Gasteiger partial charge in [0.1, 0.15) is 11.5 Å². The lowest BCUT2D eigenvalue weighted by molar-refractivity contribution is -0.129. The molecule has 0 unspecified atom stereocenters. The molecule has 0 saturated heterocycles. The second-order valence-electron chi connectivity index (χ2n) is 9.41. The van der Waals surface area contributed by atoms with Crippen molar-refractivity contribution in [3.63, 3.8) is 0 Å². The molecule has 4 atom stereocenters. The van der Waals surface area contributed by atoms with E-state index in [1.54, 1.807) is 12.1 Å². The second-order valence-corrected chi connectivity index (χ2v) is 9.41. The van der Waals surface area contributed by atoms with Gasteiger partial charge in [-0.2, -0.15) is 0 Å². The van der Waals surface area contributed by atoms with Crippen LogP contribution >= 0.6 is 0 Å². The van der Waals surface area contributed by atoms with Crippen LogP contribution in [0.1, 0.15) is 72.0 Å². The third kappa shape index (κ3) is 2.94. The Morgan fingerprint density at radius 3 is 2.66 bits per heavy atom. The van der Waals surface area contributed by atoms with Crippen LogP contribution in [0.2, 0.25) is 0 Å². The van der Waals surface area contributed by atoms with Crippen LogP contribution in [-0.2, 0) is 11.2 Å². The molecule has 2 saturated carbocycles. The molecule has 29 heavy (non-hydrogen) atoms. The zero-order valence-corrected chi connectivity index (χ0v) is 17.2. The summed E-state index contributed by atoms with van der Waals surface area (Å²) in [5.41, 5.74) is 4.26. The molecular formula is C26H28O3. The molecule has 2 aromatic rings. The fraction of sp³-hybridized carbons (Fsp3) is 0.462. The average Bonchev–Trinajstić information content (AvgIpc) is 3.04. The zero-order valence-electron chi connectivity index (χ0n) is 17.2. The van der Waals surface area contributed by atoms with E-state index in [0.29, 0.717) is 34.8 Å². The molecule has 3 aliphatic carbocycles. The van der Waals surface area contributed by atoms with E-state index in [1.165, 1.54) is 11.1 Å². The van der Waals surface area contributed by atoms with E-state index in [-0.39, 0.29) is 11.4 Å². The van der Waals surface area contributed by atoms with Crippen molar-refractivity contribution in [1.29, 1.82) is 0 Å². The zero-order chi connectivity index (χ0) is 20.2. The molecule has 2 fully saturated rings. The molecule has 0 heterocycles. The SMILES string of the molecule is Cc1cc2c(cc1OC(=O)c1ccccc1)CC[C@@H]1[C@@H]2CC[C@]2(C)C(=O)CC[C@@H]12. The number of ether oxygens (including phenoxy) is 1. The van der Waals surface area contributed by atoms with Crippen LogP contribution in [0.25, 0.3) is 0 Å². The highest BCUT2D eigenvalue weighted by Crippen LogP contribution is 2.59. The molecule has 3 nitrogen and oxygen atoms in total. The van der Waals surface area contributed by atoms with E-state index >= 15 is 0 Å². The molecule has 0 radical (unpaired) electrons. The highest BCUT2D eigenvalue weighted by molar-refractivity contribution is 5.91. The number of hydrogen-bond acceptors (Lipinski definition) is 3. The van der Waals surface area contributed by atoms with Gasteiger partial charge in [0.2, 0.25) is 0 Å². The average molecular weight is 389 g/mol. The Bertz CT molecular complexity index is 977. The van der Waals surface area contributed by atoms with Gasteiger partial charge in [0.15, 0.2) is 0 Å². The van der Waals surface area contributed by atoms with Crippen molar-refractivity contribution in [2.24, 2.45) is 17.3 Å². The van der Waals surface area contributed by atoms with Gasteiger partial charge >= 0.3 is 5.97 Å². The van der Waals surface area contributed by atoms with Crippen LogP contribution in [0.4, 0.5) is 0 Å². The maximum atomic E-state index is 12.5. The molecule has 150 valence electrons. The number of rotatable bonds is 2. The first-order valence-electron chi connectivity index (χ1n) is 10.9. The Morgan fingerprint density at radius 2 is 1.86 bits per heavy atom. The summed E-state index contributed by atoms with van der Waals surface area (Å²) in [5.74, 6) is 2.56. The first-order valence-corrected chi connectivity index (χ1v) is 10.9. The van der Waals surface area contributed by atoms with E-state index in [1.807, 2.05) is 25.1 Å². The number of fused-ring (bicyclic) bond motifs is 5. The molecule has 3 aliphatic rings. The van der Waals surface area contributed by atoms with Gasteiger partial charge in [-0.05, 0) is 91.7 Å². The van der Waals surface area contributed by atoms with Crippen LogP contribution in [0.3, 0.4) is 0 Å². The van der Waals surface area contributed by atoms with E-state index in [4.69, 9.17) is 4.74 Å². The lowest BCUT2D eigenvalue weighted by Crippen LogP contribution is -2.42. The van der Waals surface area contributed by atoms with E-state index in [9.17, 15) is 9.59 Å². The van der Waals surface area contributed by atoms with Crippen LogP contribution < -0.4 is 4.74 Å². The summed E-state index contributed by atoms with van der Waals surface area (Å²) in [4.78, 5) is 25.0. The molecule has 3 heteroatoms. The van der Waals surface area contributed by atoms with Crippen molar-refractivity contribution in [3.8, 4) is 5.75 Å². The van der Waals surface area contributed by atoms with Crippen LogP contribution in [0, 0.1) is 24.2 Å². The van der Waals surface area contributed by atoms with Gasteiger partial charge < -0.3 is 4.74 Å². The minimum atomic E-state index is -0.305. The molecular weight excluding hydrogens is 360 g/mol. The topological polar surface area (TPSA) is 43.4 Å². The van der Waals surface area contributed by atoms with Gasteiger partial charge in [-0.15, -0.1) is 0 Å². The molecule has 0 N–H and O–H groups in total. The molecule has 0 aromatic heterocycles. The standard InChI is InChI=1S/C26H28O3/c1-16-14-21-18(15-23(16)29-25(28)17-6-4-3-5-7-17)8-9-20-19(21)12-13-26(2)22(20)10-11-24(26)27/h3-7,14-15,19-20,22H,8-13H2,1-2H3/t19-,20+,22-,26-/m0/s1. The largest absolute Gasteiger partial charge is 0.423 e. The highest BCUT2D eigenvalue weighted by atomic mass is 16.5. The Morgan fingerprint density at radius 1 is 1.07 bits per heavy atom. The summed E-state index contributed by atoms with van der Waals surface area (Å²) in [7, 11) is 0. The summed E-state index contributed by atoms with van der Waals surface area (Å²) >= 11 is 0. The van der Waals surface area contributed by atoms with Crippen molar-refractivity contribution in [1.82, 2.24) is 0 Å². The monoisotopic (exact) mass is 388 g/mol. The van der Waals surface area contributed by atoms with Gasteiger partial charge in [0.05, 0.1) is 5.56 Å². The van der Waals surface area contributed by atoms with Gasteiger partial charge in [-0.3, -0.25) is 4.79 Å². The summed E-state index contributed by atoms with van der Waals surface area (Å²) in [5, 5.41) is 0. The Kier molecular flexibility index (Phi) is 4.38. The van der Waals surface area contributed by atoms with Crippen molar-refractivity contribution >= 4 is 11.8 Å². The molecule has 0 spiro atoms. The lowest BCUT2D eigenvalue weighted by Gasteiger charge is -2.48. The molecule has 0 aliphatic heterocycles. The number of aryl methyl sites for hydroxylation is 2. The fourth-order valence-electron chi connectivity index (χ4n) is 6.33. The summed E-state index contributed by atoms with van der Waals surface area (Å²) in [6.45, 7) is 4.25. The van der Waals surface area contributed by atoms with E-state index < -0.39 is 0 Å². The lowest BCUT2D eigenvalue weighted by atomic mass is 9.55. The van der Waals surface area contributed by atoms with Gasteiger partial charge in [0.25, 0.3) is 0 Å². The summed E-state index contributed by atoms with van der Waals surface area (Å²) < 4.78 is 5.75. The molecule has 0 amide bonds. The quantitative estimate of drug-likeness (QED) is 0.494. The Labute approximate surface area is 172 Å². The molecule has 0 bridgehead atoms. The predicted molar refractivity (Wildman–Crippen MR) is 112 cm³/mol. The third-order valence-corrected chi connectivity index (χ3v) is 7.94. The van der Waals surface area contributed by atoms with Crippen LogP contribution in [0.15, 0.2) is 42.5 Å². The Hall–Kier alpha value is -2.42. The molecule has 5 rings (SSSR count). The minimum absolute atomic E-state index is 0.0845. The third-order valence-electron chi connectivity index (χ3n) is 7.94. The van der Waals surface area contributed by atoms with Crippen LogP contribution in [-0.4, -0.2) is 11.8 Å². The maximum Gasteiger partial charge on any atom is 0.343 e. The summed E-state index contributed by atoms with van der Waals surface area (Å²) in [6, 6.07) is 13.5. The van der Waals surface area contributed by atoms with Crippen LogP contribution in [0.5, 0.6) is 5.75 Å². The first-order chi connectivity index (χ1) is 14.0. The number of ketones is 1. The maximum absolute atomic E-state index is 12.5. The number of esters is 1. The van der Waals surface area contributed by atoms with Crippen molar-refractivity contribution in [2.45, 2.75) is 58.3 Å². The number of benzene rings is 2. The normalized spacial score (nSPS) is 30.3. The van der Waals surface area contributed by atoms with Crippen molar-refractivity contribution < 1.29 is 14.3 Å². The van der Waals surface area contributed by atoms with Crippen molar-refractivity contribution in [2.75, 3.05) is 0 Å². The van der Waals surface area contributed by atoms with Gasteiger partial charge in [-0.1, -0.05) is 31.2 Å². The number of carbonyl (C=O) groups is 2. The van der Waals surface area contributed by atoms with Gasteiger partial charge in [0, 0.05) is 11.8 Å². The minimum Gasteiger partial charge on any atom is -0.423 e. The first kappa shape index (κ1) is 18.6. The van der Waals surface area contributed by atoms with Crippen molar-refractivity contribution in [3.05, 3.63) is 64.7 Å². The predicted octanol–water partition coefficient (Wildman–Crippen LogP) is 5.64. The molecule has 2 aromatic carbocycles. The van der Waals surface area contributed by atoms with E-state index in [2.05, 4.69) is 19.1 Å². The van der Waals surface area contributed by atoms with E-state index in [0.717, 1.165) is 44.1 Å². The smallest absolute Gasteiger partial charge is 0.343 e. The number of carbonyl (C=O) groups excluding carboxylic acids is 2. The highest BCUT2D eigenvalue weighted by Gasteiger charge is 2.54. The fourth-order valence-corrected chi connectivity index (χ4v) is 6.33. The number of hydrogen-bond donors (Lipinski definition) is 0. The summed E-state index contributed by atoms with van der Waals surface area (Å²) in [6.07, 6.45) is 6.09.